The Labute approximate surface area is 142 Å². The first-order chi connectivity index (χ1) is 11.6. The molecule has 0 aliphatic heterocycles. The van der Waals surface area contributed by atoms with Gasteiger partial charge in [0.25, 0.3) is 0 Å². The molecule has 3 N–H and O–H groups in total. The van der Waals surface area contributed by atoms with E-state index in [4.69, 9.17) is 15.2 Å². The van der Waals surface area contributed by atoms with Crippen LogP contribution >= 0.6 is 0 Å². The summed E-state index contributed by atoms with van der Waals surface area (Å²) in [6.45, 7) is 2.24. The zero-order chi connectivity index (χ0) is 17.4. The molecule has 128 valence electrons. The van der Waals surface area contributed by atoms with Gasteiger partial charge >= 0.3 is 0 Å². The van der Waals surface area contributed by atoms with Crippen LogP contribution in [0.2, 0.25) is 0 Å². The zero-order valence-corrected chi connectivity index (χ0v) is 14.0. The van der Waals surface area contributed by atoms with Crippen molar-refractivity contribution in [2.75, 3.05) is 7.11 Å². The molecule has 1 heterocycles. The Balaban J connectivity index is 2.00. The maximum atomic E-state index is 11.8. The SMILES string of the molecule is COc1cccc(Oc2ncccc2CNC(=O)CCC(C)N)c1. The van der Waals surface area contributed by atoms with Crippen LogP contribution in [-0.4, -0.2) is 24.0 Å². The summed E-state index contributed by atoms with van der Waals surface area (Å²) >= 11 is 0. The first kappa shape index (κ1) is 17.7. The molecular weight excluding hydrogens is 306 g/mol. The summed E-state index contributed by atoms with van der Waals surface area (Å²) in [6.07, 6.45) is 2.72. The number of rotatable bonds is 8. The van der Waals surface area contributed by atoms with E-state index in [1.807, 2.05) is 37.3 Å². The summed E-state index contributed by atoms with van der Waals surface area (Å²) in [5, 5.41) is 2.86. The molecule has 24 heavy (non-hydrogen) atoms. The normalized spacial score (nSPS) is 11.6. The highest BCUT2D eigenvalue weighted by molar-refractivity contribution is 5.75. The summed E-state index contributed by atoms with van der Waals surface area (Å²) in [4.78, 5) is 16.1. The van der Waals surface area contributed by atoms with Crippen LogP contribution in [0.3, 0.4) is 0 Å². The lowest BCUT2D eigenvalue weighted by atomic mass is 10.2. The number of nitrogens with one attached hydrogen (secondary N) is 1. The van der Waals surface area contributed by atoms with Crippen LogP contribution in [0, 0.1) is 0 Å². The molecule has 0 aliphatic rings. The third kappa shape index (κ3) is 5.55. The molecule has 1 atom stereocenters. The van der Waals surface area contributed by atoms with E-state index >= 15 is 0 Å². The van der Waals surface area contributed by atoms with Crippen molar-refractivity contribution in [2.45, 2.75) is 32.4 Å². The van der Waals surface area contributed by atoms with Gasteiger partial charge < -0.3 is 20.5 Å². The predicted octanol–water partition coefficient (Wildman–Crippen LogP) is 2.63. The number of ether oxygens (including phenoxy) is 2. The molecule has 1 aromatic heterocycles. The Morgan fingerprint density at radius 2 is 2.08 bits per heavy atom. The molecule has 2 rings (SSSR count). The van der Waals surface area contributed by atoms with Crippen molar-refractivity contribution in [2.24, 2.45) is 5.73 Å². The van der Waals surface area contributed by atoms with Gasteiger partial charge in [-0.15, -0.1) is 0 Å². The lowest BCUT2D eigenvalue weighted by Gasteiger charge is -2.12. The number of carbonyl (C=O) groups is 1. The Morgan fingerprint density at radius 1 is 1.29 bits per heavy atom. The number of nitrogens with zero attached hydrogens (tertiary/aromatic N) is 1. The van der Waals surface area contributed by atoms with Gasteiger partial charge in [0, 0.05) is 36.8 Å². The number of carbonyl (C=O) groups excluding carboxylic acids is 1. The topological polar surface area (TPSA) is 86.5 Å². The molecular formula is C18H23N3O3. The third-order valence-corrected chi connectivity index (χ3v) is 3.41. The molecule has 1 amide bonds. The number of nitrogens with two attached hydrogens (primary N) is 1. The molecule has 0 radical (unpaired) electrons. The summed E-state index contributed by atoms with van der Waals surface area (Å²) < 4.78 is 11.0. The van der Waals surface area contributed by atoms with Gasteiger partial charge in [-0.25, -0.2) is 4.98 Å². The van der Waals surface area contributed by atoms with Gasteiger partial charge in [0.05, 0.1) is 7.11 Å². The molecule has 0 fully saturated rings. The van der Waals surface area contributed by atoms with E-state index in [-0.39, 0.29) is 11.9 Å². The molecule has 0 aliphatic carbocycles. The number of hydrogen-bond donors (Lipinski definition) is 2. The first-order valence-electron chi connectivity index (χ1n) is 7.86. The fourth-order valence-corrected chi connectivity index (χ4v) is 2.07. The minimum Gasteiger partial charge on any atom is -0.497 e. The smallest absolute Gasteiger partial charge is 0.224 e. The average Bonchev–Trinajstić information content (AvgIpc) is 2.59. The second-order valence-corrected chi connectivity index (χ2v) is 5.54. The van der Waals surface area contributed by atoms with Crippen molar-refractivity contribution >= 4 is 5.91 Å². The largest absolute Gasteiger partial charge is 0.497 e. The van der Waals surface area contributed by atoms with Crippen LogP contribution in [-0.2, 0) is 11.3 Å². The molecule has 1 aromatic carbocycles. The van der Waals surface area contributed by atoms with Crippen molar-refractivity contribution in [3.8, 4) is 17.4 Å². The molecule has 2 aromatic rings. The monoisotopic (exact) mass is 329 g/mol. The lowest BCUT2D eigenvalue weighted by molar-refractivity contribution is -0.121. The Morgan fingerprint density at radius 3 is 2.83 bits per heavy atom. The highest BCUT2D eigenvalue weighted by atomic mass is 16.5. The van der Waals surface area contributed by atoms with Gasteiger partial charge in [-0.2, -0.15) is 0 Å². The van der Waals surface area contributed by atoms with E-state index in [1.54, 1.807) is 19.4 Å². The van der Waals surface area contributed by atoms with Gasteiger partial charge in [-0.3, -0.25) is 4.79 Å². The average molecular weight is 329 g/mol. The van der Waals surface area contributed by atoms with Crippen molar-refractivity contribution in [3.63, 3.8) is 0 Å². The van der Waals surface area contributed by atoms with Crippen LogP contribution in [0.15, 0.2) is 42.6 Å². The van der Waals surface area contributed by atoms with Crippen LogP contribution in [0.5, 0.6) is 17.4 Å². The van der Waals surface area contributed by atoms with Gasteiger partial charge in [0.1, 0.15) is 11.5 Å². The summed E-state index contributed by atoms with van der Waals surface area (Å²) in [5.74, 6) is 1.74. The Bertz CT molecular complexity index is 674. The van der Waals surface area contributed by atoms with Crippen LogP contribution in [0.1, 0.15) is 25.3 Å². The van der Waals surface area contributed by atoms with E-state index in [0.717, 1.165) is 5.56 Å². The second-order valence-electron chi connectivity index (χ2n) is 5.54. The second kappa shape index (κ2) is 8.88. The molecule has 6 nitrogen and oxygen atoms in total. The molecule has 0 bridgehead atoms. The zero-order valence-electron chi connectivity index (χ0n) is 14.0. The minimum atomic E-state index is -0.0384. The molecule has 0 saturated heterocycles. The van der Waals surface area contributed by atoms with Crippen LogP contribution < -0.4 is 20.5 Å². The maximum absolute atomic E-state index is 11.8. The highest BCUT2D eigenvalue weighted by Gasteiger charge is 2.09. The first-order valence-corrected chi connectivity index (χ1v) is 7.86. The molecule has 1 unspecified atom stereocenters. The van der Waals surface area contributed by atoms with Crippen LogP contribution in [0.4, 0.5) is 0 Å². The number of benzene rings is 1. The van der Waals surface area contributed by atoms with Gasteiger partial charge in [-0.1, -0.05) is 12.1 Å². The lowest BCUT2D eigenvalue weighted by Crippen LogP contribution is -2.25. The fourth-order valence-electron chi connectivity index (χ4n) is 2.07. The number of amides is 1. The van der Waals surface area contributed by atoms with E-state index in [9.17, 15) is 4.79 Å². The van der Waals surface area contributed by atoms with Gasteiger partial charge in [-0.05, 0) is 31.5 Å². The van der Waals surface area contributed by atoms with Gasteiger partial charge in [0.15, 0.2) is 0 Å². The summed E-state index contributed by atoms with van der Waals surface area (Å²) in [7, 11) is 1.60. The number of pyridine rings is 1. The maximum Gasteiger partial charge on any atom is 0.224 e. The molecule has 6 heteroatoms. The Kier molecular flexibility index (Phi) is 6.57. The number of aromatic nitrogens is 1. The molecule has 0 saturated carbocycles. The number of hydrogen-bond acceptors (Lipinski definition) is 5. The van der Waals surface area contributed by atoms with Crippen molar-refractivity contribution in [1.82, 2.24) is 10.3 Å². The van der Waals surface area contributed by atoms with Crippen molar-refractivity contribution < 1.29 is 14.3 Å². The summed E-state index contributed by atoms with van der Waals surface area (Å²) in [5.41, 5.74) is 6.46. The number of methoxy groups -OCH3 is 1. The predicted molar refractivity (Wildman–Crippen MR) is 92.0 cm³/mol. The Hall–Kier alpha value is -2.60. The highest BCUT2D eigenvalue weighted by Crippen LogP contribution is 2.26. The minimum absolute atomic E-state index is 0.0149. The fraction of sp³-hybridized carbons (Fsp3) is 0.333. The third-order valence-electron chi connectivity index (χ3n) is 3.41. The van der Waals surface area contributed by atoms with Crippen molar-refractivity contribution in [1.29, 1.82) is 0 Å². The summed E-state index contributed by atoms with van der Waals surface area (Å²) in [6, 6.07) is 11.0. The molecule has 0 spiro atoms. The van der Waals surface area contributed by atoms with E-state index in [1.165, 1.54) is 0 Å². The quantitative estimate of drug-likeness (QED) is 0.777. The van der Waals surface area contributed by atoms with Crippen molar-refractivity contribution in [3.05, 3.63) is 48.2 Å². The van der Waals surface area contributed by atoms with E-state index in [2.05, 4.69) is 10.3 Å². The van der Waals surface area contributed by atoms with E-state index < -0.39 is 0 Å². The van der Waals surface area contributed by atoms with E-state index in [0.29, 0.717) is 36.8 Å². The van der Waals surface area contributed by atoms with Crippen LogP contribution in [0.25, 0.3) is 0 Å². The standard InChI is InChI=1S/C18H23N3O3/c1-13(19)8-9-17(22)21-12-14-5-4-10-20-18(14)24-16-7-3-6-15(11-16)23-2/h3-7,10-11,13H,8-9,12,19H2,1-2H3,(H,21,22). The van der Waals surface area contributed by atoms with Gasteiger partial charge in [0.2, 0.25) is 11.8 Å².